The van der Waals surface area contributed by atoms with E-state index in [4.69, 9.17) is 0 Å². The molecule has 2 aliphatic heterocycles. The van der Waals surface area contributed by atoms with Gasteiger partial charge in [-0.25, -0.2) is 0 Å². The second-order valence-corrected chi connectivity index (χ2v) is 8.56. The summed E-state index contributed by atoms with van der Waals surface area (Å²) in [5, 5.41) is 0.724. The van der Waals surface area contributed by atoms with Gasteiger partial charge in [-0.05, 0) is 51.9 Å². The fourth-order valence-electron chi connectivity index (χ4n) is 4.59. The van der Waals surface area contributed by atoms with Crippen molar-refractivity contribution < 1.29 is 14.4 Å². The quantitative estimate of drug-likeness (QED) is 0.559. The van der Waals surface area contributed by atoms with Crippen LogP contribution in [0.15, 0.2) is 30.5 Å². The second-order valence-electron chi connectivity index (χ2n) is 8.56. The molecule has 0 aliphatic carbocycles. The highest BCUT2D eigenvalue weighted by molar-refractivity contribution is 6.44. The minimum absolute atomic E-state index is 0.0574. The Kier molecular flexibility index (Phi) is 5.90. The van der Waals surface area contributed by atoms with Crippen molar-refractivity contribution in [2.75, 3.05) is 40.3 Å². The van der Waals surface area contributed by atoms with Crippen LogP contribution in [0.2, 0.25) is 0 Å². The number of nitrogens with zero attached hydrogens (tertiary/aromatic N) is 4. The molecule has 2 saturated heterocycles. The largest absolute Gasteiger partial charge is 0.341 e. The molecule has 0 spiro atoms. The Bertz CT molecular complexity index is 953. The zero-order chi connectivity index (χ0) is 21.3. The van der Waals surface area contributed by atoms with Gasteiger partial charge in [0.25, 0.3) is 11.7 Å². The maximum Gasteiger partial charge on any atom is 0.295 e. The molecular formula is C23H30N4O3. The van der Waals surface area contributed by atoms with Gasteiger partial charge in [0.05, 0.1) is 5.56 Å². The maximum absolute atomic E-state index is 13.2. The summed E-state index contributed by atoms with van der Waals surface area (Å²) < 4.78 is 1.81. The molecule has 2 fully saturated rings. The van der Waals surface area contributed by atoms with Gasteiger partial charge in [-0.2, -0.15) is 0 Å². The smallest absolute Gasteiger partial charge is 0.295 e. The number of likely N-dealkylation sites (N-methyl/N-ethyl adjacent to an activating group) is 1. The van der Waals surface area contributed by atoms with Crippen LogP contribution in [0.3, 0.4) is 0 Å². The molecule has 1 aromatic carbocycles. The number of benzene rings is 1. The minimum atomic E-state index is -0.500. The molecule has 7 heteroatoms. The lowest BCUT2D eigenvalue weighted by Crippen LogP contribution is -2.46. The number of Topliss-reactive ketones (excluding diaryl/α,β-unsaturated/α-hetero) is 1. The van der Waals surface area contributed by atoms with Crippen molar-refractivity contribution in [3.05, 3.63) is 36.0 Å². The lowest BCUT2D eigenvalue weighted by atomic mass is 10.0. The number of ketones is 1. The third-order valence-electron chi connectivity index (χ3n) is 6.55. The molecule has 7 nitrogen and oxygen atoms in total. The molecule has 2 aromatic rings. The first-order valence-electron chi connectivity index (χ1n) is 10.8. The fourth-order valence-corrected chi connectivity index (χ4v) is 4.59. The fraction of sp³-hybridized carbons (Fsp3) is 0.522. The second kappa shape index (κ2) is 8.60. The molecule has 0 radical (unpaired) electrons. The molecule has 160 valence electrons. The molecule has 0 bridgehead atoms. The van der Waals surface area contributed by atoms with Crippen LogP contribution in [0.1, 0.15) is 36.0 Å². The number of rotatable bonds is 5. The van der Waals surface area contributed by atoms with Gasteiger partial charge < -0.3 is 19.3 Å². The van der Waals surface area contributed by atoms with E-state index in [-0.39, 0.29) is 18.5 Å². The van der Waals surface area contributed by atoms with Crippen LogP contribution in [0.5, 0.6) is 0 Å². The van der Waals surface area contributed by atoms with Crippen molar-refractivity contribution in [1.82, 2.24) is 19.3 Å². The number of hydrogen-bond donors (Lipinski definition) is 0. The van der Waals surface area contributed by atoms with Gasteiger partial charge in [0, 0.05) is 43.3 Å². The van der Waals surface area contributed by atoms with Crippen molar-refractivity contribution >= 4 is 28.5 Å². The molecule has 2 aliphatic rings. The van der Waals surface area contributed by atoms with Crippen molar-refractivity contribution in [3.8, 4) is 0 Å². The van der Waals surface area contributed by atoms with Crippen LogP contribution >= 0.6 is 0 Å². The third kappa shape index (κ3) is 3.99. The van der Waals surface area contributed by atoms with E-state index in [0.29, 0.717) is 5.56 Å². The highest BCUT2D eigenvalue weighted by atomic mass is 16.2. The first-order valence-corrected chi connectivity index (χ1v) is 10.8. The van der Waals surface area contributed by atoms with E-state index in [9.17, 15) is 14.4 Å². The molecule has 0 atom stereocenters. The van der Waals surface area contributed by atoms with Crippen molar-refractivity contribution in [2.45, 2.75) is 38.3 Å². The average Bonchev–Trinajstić information content (AvgIpc) is 3.42. The predicted octanol–water partition coefficient (Wildman–Crippen LogP) is 2.00. The molecule has 1 aromatic heterocycles. The van der Waals surface area contributed by atoms with E-state index in [1.54, 1.807) is 18.1 Å². The molecule has 0 unspecified atom stereocenters. The third-order valence-corrected chi connectivity index (χ3v) is 6.55. The van der Waals surface area contributed by atoms with E-state index in [1.165, 1.54) is 0 Å². The normalized spacial score (nSPS) is 18.1. The van der Waals surface area contributed by atoms with Crippen LogP contribution in [0.4, 0.5) is 0 Å². The van der Waals surface area contributed by atoms with Crippen LogP contribution in [0.25, 0.3) is 10.9 Å². The minimum Gasteiger partial charge on any atom is -0.341 e. The Hall–Kier alpha value is -2.67. The molecule has 2 amide bonds. The van der Waals surface area contributed by atoms with Gasteiger partial charge in [-0.1, -0.05) is 18.2 Å². The Morgan fingerprint density at radius 2 is 1.70 bits per heavy atom. The molecule has 3 heterocycles. The first-order chi connectivity index (χ1) is 14.5. The monoisotopic (exact) mass is 410 g/mol. The number of para-hydroxylation sites is 1. The summed E-state index contributed by atoms with van der Waals surface area (Å²) in [5.74, 6) is -0.916. The van der Waals surface area contributed by atoms with Gasteiger partial charge >= 0.3 is 0 Å². The van der Waals surface area contributed by atoms with Crippen LogP contribution < -0.4 is 0 Å². The highest BCUT2D eigenvalue weighted by Crippen LogP contribution is 2.24. The first kappa shape index (κ1) is 20.6. The summed E-state index contributed by atoms with van der Waals surface area (Å²) in [7, 11) is 3.80. The van der Waals surface area contributed by atoms with E-state index in [0.717, 1.165) is 62.8 Å². The number of fused-ring (bicyclic) bond motifs is 1. The van der Waals surface area contributed by atoms with Gasteiger partial charge in [0.15, 0.2) is 0 Å². The summed E-state index contributed by atoms with van der Waals surface area (Å²) in [5.41, 5.74) is 1.19. The van der Waals surface area contributed by atoms with Crippen molar-refractivity contribution in [1.29, 1.82) is 0 Å². The van der Waals surface area contributed by atoms with E-state index < -0.39 is 11.7 Å². The number of carbonyl (C=O) groups is 3. The SMILES string of the molecule is CN1CCC(N(C)C(=O)C(=O)c2cn(CC(=O)N3CCCC3)c3ccccc23)CC1. The topological polar surface area (TPSA) is 65.9 Å². The number of likely N-dealkylation sites (tertiary alicyclic amines) is 2. The highest BCUT2D eigenvalue weighted by Gasteiger charge is 2.30. The predicted molar refractivity (Wildman–Crippen MR) is 115 cm³/mol. The Morgan fingerprint density at radius 1 is 1.03 bits per heavy atom. The van der Waals surface area contributed by atoms with Crippen LogP contribution in [-0.4, -0.2) is 83.2 Å². The molecule has 30 heavy (non-hydrogen) atoms. The lowest BCUT2D eigenvalue weighted by molar-refractivity contribution is -0.130. The van der Waals surface area contributed by atoms with E-state index >= 15 is 0 Å². The number of aromatic nitrogens is 1. The van der Waals surface area contributed by atoms with E-state index in [1.807, 2.05) is 33.7 Å². The van der Waals surface area contributed by atoms with Crippen molar-refractivity contribution in [3.63, 3.8) is 0 Å². The van der Waals surface area contributed by atoms with Crippen LogP contribution in [0, 0.1) is 0 Å². The summed E-state index contributed by atoms with van der Waals surface area (Å²) in [6.07, 6.45) is 5.51. The summed E-state index contributed by atoms with van der Waals surface area (Å²) in [4.78, 5) is 44.5. The molecule has 4 rings (SSSR count). The average molecular weight is 411 g/mol. The number of carbonyl (C=O) groups excluding carboxylic acids is 3. The Balaban J connectivity index is 1.56. The number of hydrogen-bond acceptors (Lipinski definition) is 4. The summed E-state index contributed by atoms with van der Waals surface area (Å²) >= 11 is 0. The zero-order valence-corrected chi connectivity index (χ0v) is 17.8. The lowest BCUT2D eigenvalue weighted by Gasteiger charge is -2.34. The summed E-state index contributed by atoms with van der Waals surface area (Å²) in [6.45, 7) is 3.63. The van der Waals surface area contributed by atoms with Gasteiger partial charge in [0.1, 0.15) is 6.54 Å². The standard InChI is InChI=1S/C23H30N4O3/c1-24-13-9-17(10-14-24)25(2)23(30)22(29)19-15-27(20-8-4-3-7-18(19)20)16-21(28)26-11-5-6-12-26/h3-4,7-8,15,17H,5-6,9-14,16H2,1-2H3. The van der Waals surface area contributed by atoms with E-state index in [2.05, 4.69) is 11.9 Å². The van der Waals surface area contributed by atoms with Crippen LogP contribution in [-0.2, 0) is 16.1 Å². The van der Waals surface area contributed by atoms with Gasteiger partial charge in [-0.15, -0.1) is 0 Å². The summed E-state index contributed by atoms with van der Waals surface area (Å²) in [6, 6.07) is 7.58. The van der Waals surface area contributed by atoms with Crippen molar-refractivity contribution in [2.24, 2.45) is 0 Å². The van der Waals surface area contributed by atoms with Gasteiger partial charge in [0.2, 0.25) is 5.91 Å². The molecule has 0 N–H and O–H groups in total. The number of amides is 2. The molecule has 0 saturated carbocycles. The Morgan fingerprint density at radius 3 is 2.40 bits per heavy atom. The maximum atomic E-state index is 13.2. The Labute approximate surface area is 177 Å². The molecular weight excluding hydrogens is 380 g/mol. The zero-order valence-electron chi connectivity index (χ0n) is 17.8. The van der Waals surface area contributed by atoms with Gasteiger partial charge in [-0.3, -0.25) is 14.4 Å². The number of piperidine rings is 1.